The van der Waals surface area contributed by atoms with E-state index in [9.17, 15) is 0 Å². The Morgan fingerprint density at radius 1 is 1.16 bits per heavy atom. The van der Waals surface area contributed by atoms with Crippen LogP contribution in [0.5, 0.6) is 0 Å². The molecule has 1 N–H and O–H groups in total. The molecule has 0 aromatic heterocycles. The number of piperazine rings is 1. The summed E-state index contributed by atoms with van der Waals surface area (Å²) >= 11 is 0. The Labute approximate surface area is 119 Å². The summed E-state index contributed by atoms with van der Waals surface area (Å²) in [6.45, 7) is 13.5. The molecule has 110 valence electrons. The van der Waals surface area contributed by atoms with E-state index in [2.05, 4.69) is 37.9 Å². The zero-order chi connectivity index (χ0) is 13.7. The van der Waals surface area contributed by atoms with E-state index in [0.717, 1.165) is 11.8 Å². The molecular weight excluding hydrogens is 232 g/mol. The predicted molar refractivity (Wildman–Crippen MR) is 81.3 cm³/mol. The Balaban J connectivity index is 1.71. The second-order valence-corrected chi connectivity index (χ2v) is 8.63. The van der Waals surface area contributed by atoms with Gasteiger partial charge in [-0.2, -0.15) is 0 Å². The molecule has 3 fully saturated rings. The summed E-state index contributed by atoms with van der Waals surface area (Å²) < 4.78 is 0. The van der Waals surface area contributed by atoms with E-state index >= 15 is 0 Å². The van der Waals surface area contributed by atoms with Crippen molar-refractivity contribution in [1.82, 2.24) is 10.2 Å². The predicted octanol–water partition coefficient (Wildman–Crippen LogP) is 3.28. The molecule has 0 spiro atoms. The van der Waals surface area contributed by atoms with Crippen molar-refractivity contribution >= 4 is 0 Å². The van der Waals surface area contributed by atoms with Gasteiger partial charge in [-0.1, -0.05) is 27.2 Å². The van der Waals surface area contributed by atoms with Gasteiger partial charge in [0.25, 0.3) is 0 Å². The molecule has 2 nitrogen and oxygen atoms in total. The Hall–Kier alpha value is -0.0800. The fourth-order valence-electron chi connectivity index (χ4n) is 3.89. The van der Waals surface area contributed by atoms with Crippen LogP contribution in [0.2, 0.25) is 0 Å². The van der Waals surface area contributed by atoms with Gasteiger partial charge in [0.2, 0.25) is 0 Å². The highest BCUT2D eigenvalue weighted by Gasteiger charge is 2.50. The van der Waals surface area contributed by atoms with Crippen LogP contribution in [-0.4, -0.2) is 36.1 Å². The summed E-state index contributed by atoms with van der Waals surface area (Å²) in [4.78, 5) is 2.88. The van der Waals surface area contributed by atoms with Crippen molar-refractivity contribution in [2.45, 2.75) is 71.4 Å². The van der Waals surface area contributed by atoms with Crippen LogP contribution in [0.1, 0.15) is 59.8 Å². The van der Waals surface area contributed by atoms with E-state index in [1.165, 1.54) is 51.7 Å². The van der Waals surface area contributed by atoms with Crippen LogP contribution in [0, 0.1) is 17.3 Å². The number of nitrogens with one attached hydrogen (secondary N) is 1. The lowest BCUT2D eigenvalue weighted by molar-refractivity contribution is -0.00884. The van der Waals surface area contributed by atoms with Crippen LogP contribution in [0.3, 0.4) is 0 Å². The molecule has 2 heteroatoms. The second-order valence-electron chi connectivity index (χ2n) is 8.63. The highest BCUT2D eigenvalue weighted by molar-refractivity contribution is 5.06. The molecule has 0 aromatic rings. The molecule has 2 aliphatic carbocycles. The topological polar surface area (TPSA) is 15.3 Å². The zero-order valence-electron chi connectivity index (χ0n) is 13.3. The van der Waals surface area contributed by atoms with Crippen LogP contribution >= 0.6 is 0 Å². The third-order valence-corrected chi connectivity index (χ3v) is 6.04. The molecular formula is C17H32N2. The summed E-state index contributed by atoms with van der Waals surface area (Å²) in [5.74, 6) is 1.96. The second kappa shape index (κ2) is 4.73. The van der Waals surface area contributed by atoms with Gasteiger partial charge >= 0.3 is 0 Å². The maximum absolute atomic E-state index is 3.87. The van der Waals surface area contributed by atoms with E-state index in [4.69, 9.17) is 0 Å². The van der Waals surface area contributed by atoms with E-state index in [0.29, 0.717) is 17.0 Å². The fraction of sp³-hybridized carbons (Fsp3) is 1.00. The van der Waals surface area contributed by atoms with E-state index in [1.807, 2.05) is 0 Å². The van der Waals surface area contributed by atoms with Gasteiger partial charge in [-0.25, -0.2) is 0 Å². The van der Waals surface area contributed by atoms with Gasteiger partial charge in [0.15, 0.2) is 0 Å². The lowest BCUT2D eigenvalue weighted by atomic mass is 9.78. The summed E-state index contributed by atoms with van der Waals surface area (Å²) in [6.07, 6.45) is 7.34. The SMILES string of the molecule is CC(C)(C)C1CN(CC2CCC2)C(C)(C2CC2)CN1. The van der Waals surface area contributed by atoms with Crippen molar-refractivity contribution in [1.29, 1.82) is 0 Å². The Kier molecular flexibility index (Phi) is 3.46. The minimum atomic E-state index is 0.378. The molecule has 0 amide bonds. The first kappa shape index (κ1) is 13.9. The maximum Gasteiger partial charge on any atom is 0.0334 e. The highest BCUT2D eigenvalue weighted by Crippen LogP contribution is 2.45. The normalized spacial score (nSPS) is 38.2. The molecule has 2 atom stereocenters. The van der Waals surface area contributed by atoms with Crippen molar-refractivity contribution in [3.63, 3.8) is 0 Å². The average molecular weight is 264 g/mol. The van der Waals surface area contributed by atoms with Crippen LogP contribution < -0.4 is 5.32 Å². The molecule has 2 unspecified atom stereocenters. The number of nitrogens with zero attached hydrogens (tertiary/aromatic N) is 1. The van der Waals surface area contributed by atoms with Crippen LogP contribution in [0.4, 0.5) is 0 Å². The van der Waals surface area contributed by atoms with Crippen molar-refractivity contribution < 1.29 is 0 Å². The number of hydrogen-bond acceptors (Lipinski definition) is 2. The number of rotatable bonds is 3. The van der Waals surface area contributed by atoms with Gasteiger partial charge in [-0.05, 0) is 49.9 Å². The monoisotopic (exact) mass is 264 g/mol. The molecule has 1 aliphatic heterocycles. The summed E-state index contributed by atoms with van der Waals surface area (Å²) in [7, 11) is 0. The molecule has 0 aromatic carbocycles. The zero-order valence-corrected chi connectivity index (χ0v) is 13.3. The first-order chi connectivity index (χ1) is 8.89. The van der Waals surface area contributed by atoms with Crippen molar-refractivity contribution in [3.8, 4) is 0 Å². The largest absolute Gasteiger partial charge is 0.310 e. The minimum absolute atomic E-state index is 0.378. The number of hydrogen-bond donors (Lipinski definition) is 1. The van der Waals surface area contributed by atoms with Crippen LogP contribution in [-0.2, 0) is 0 Å². The minimum Gasteiger partial charge on any atom is -0.310 e. The summed E-state index contributed by atoms with van der Waals surface area (Å²) in [5.41, 5.74) is 0.820. The smallest absolute Gasteiger partial charge is 0.0334 e. The van der Waals surface area contributed by atoms with Gasteiger partial charge in [-0.15, -0.1) is 0 Å². The summed E-state index contributed by atoms with van der Waals surface area (Å²) in [6, 6.07) is 0.652. The fourth-order valence-corrected chi connectivity index (χ4v) is 3.89. The van der Waals surface area contributed by atoms with Gasteiger partial charge in [-0.3, -0.25) is 4.90 Å². The first-order valence-electron chi connectivity index (χ1n) is 8.38. The Morgan fingerprint density at radius 3 is 2.32 bits per heavy atom. The summed E-state index contributed by atoms with van der Waals surface area (Å²) in [5, 5.41) is 3.87. The van der Waals surface area contributed by atoms with E-state index < -0.39 is 0 Å². The lowest BCUT2D eigenvalue weighted by Gasteiger charge is -2.53. The van der Waals surface area contributed by atoms with Gasteiger partial charge in [0, 0.05) is 31.2 Å². The third-order valence-electron chi connectivity index (χ3n) is 6.04. The first-order valence-corrected chi connectivity index (χ1v) is 8.38. The van der Waals surface area contributed by atoms with E-state index in [1.54, 1.807) is 0 Å². The standard InChI is InChI=1S/C17H32N2/c1-16(2,3)15-11-19(10-13-6-5-7-13)17(4,12-18-15)14-8-9-14/h13-15,18H,5-12H2,1-4H3. The van der Waals surface area contributed by atoms with E-state index in [-0.39, 0.29) is 0 Å². The van der Waals surface area contributed by atoms with Crippen LogP contribution in [0.25, 0.3) is 0 Å². The van der Waals surface area contributed by atoms with Gasteiger partial charge in [0.1, 0.15) is 0 Å². The maximum atomic E-state index is 3.87. The molecule has 0 radical (unpaired) electrons. The molecule has 3 aliphatic rings. The molecule has 3 rings (SSSR count). The molecule has 1 saturated heterocycles. The lowest BCUT2D eigenvalue weighted by Crippen LogP contribution is -2.67. The molecule has 19 heavy (non-hydrogen) atoms. The Bertz CT molecular complexity index is 325. The third kappa shape index (κ3) is 2.71. The average Bonchev–Trinajstić information content (AvgIpc) is 3.07. The van der Waals surface area contributed by atoms with Crippen LogP contribution in [0.15, 0.2) is 0 Å². The quantitative estimate of drug-likeness (QED) is 0.841. The van der Waals surface area contributed by atoms with Crippen molar-refractivity contribution in [2.24, 2.45) is 17.3 Å². The Morgan fingerprint density at radius 2 is 1.84 bits per heavy atom. The highest BCUT2D eigenvalue weighted by atomic mass is 15.3. The van der Waals surface area contributed by atoms with Crippen molar-refractivity contribution in [3.05, 3.63) is 0 Å². The molecule has 0 bridgehead atoms. The molecule has 1 heterocycles. The van der Waals surface area contributed by atoms with Gasteiger partial charge < -0.3 is 5.32 Å². The van der Waals surface area contributed by atoms with Crippen molar-refractivity contribution in [2.75, 3.05) is 19.6 Å². The van der Waals surface area contributed by atoms with Gasteiger partial charge in [0.05, 0.1) is 0 Å². The molecule has 2 saturated carbocycles.